The van der Waals surface area contributed by atoms with E-state index in [9.17, 15) is 4.79 Å². The van der Waals surface area contributed by atoms with Gasteiger partial charge in [-0.3, -0.25) is 14.7 Å². The summed E-state index contributed by atoms with van der Waals surface area (Å²) in [5.74, 6) is 2.78. The fourth-order valence-corrected chi connectivity index (χ4v) is 3.97. The summed E-state index contributed by atoms with van der Waals surface area (Å²) in [4.78, 5) is 24.2. The predicted octanol–water partition coefficient (Wildman–Crippen LogP) is 2.67. The second-order valence-electron chi connectivity index (χ2n) is 8.55. The molecule has 0 saturated carbocycles. The number of furan rings is 1. The van der Waals surface area contributed by atoms with E-state index < -0.39 is 0 Å². The lowest BCUT2D eigenvalue weighted by atomic mass is 10.2. The first kappa shape index (κ1) is 25.0. The zero-order valence-electron chi connectivity index (χ0n) is 18.7. The number of hydrogen-bond donors (Lipinski definition) is 1. The van der Waals surface area contributed by atoms with Gasteiger partial charge in [0.2, 0.25) is 5.91 Å². The number of likely N-dealkylation sites (tertiary alicyclic amines) is 1. The summed E-state index contributed by atoms with van der Waals surface area (Å²) in [5.41, 5.74) is 0. The maximum atomic E-state index is 12.7. The standard InChI is InChI=1S/C22H37N5O2.HI/c1-18(2)17-24-22(23-9-8-20-7-6-16-29-20)27-14-12-25(13-15-27)19(3)21(28)26-10-4-5-11-26;/h6-7,16,18-19H,4-5,8-15,17H2,1-3H3,(H,23,24);1H. The molecule has 1 atom stereocenters. The van der Waals surface area contributed by atoms with Crippen molar-refractivity contribution in [3.05, 3.63) is 24.2 Å². The van der Waals surface area contributed by atoms with E-state index in [1.807, 2.05) is 17.0 Å². The van der Waals surface area contributed by atoms with Crippen molar-refractivity contribution in [1.82, 2.24) is 20.0 Å². The van der Waals surface area contributed by atoms with E-state index in [1.54, 1.807) is 6.26 Å². The van der Waals surface area contributed by atoms with Crippen LogP contribution in [0.25, 0.3) is 0 Å². The number of rotatable bonds is 7. The number of nitrogens with zero attached hydrogens (tertiary/aromatic N) is 4. The quantitative estimate of drug-likeness (QED) is 0.333. The number of hydrogen-bond acceptors (Lipinski definition) is 4. The molecule has 1 amide bonds. The smallest absolute Gasteiger partial charge is 0.239 e. The summed E-state index contributed by atoms with van der Waals surface area (Å²) in [7, 11) is 0. The number of piperazine rings is 1. The van der Waals surface area contributed by atoms with Gasteiger partial charge < -0.3 is 19.5 Å². The highest BCUT2D eigenvalue weighted by molar-refractivity contribution is 14.0. The van der Waals surface area contributed by atoms with Crippen molar-refractivity contribution in [2.24, 2.45) is 10.9 Å². The monoisotopic (exact) mass is 531 g/mol. The third-order valence-corrected chi connectivity index (χ3v) is 5.78. The van der Waals surface area contributed by atoms with Crippen LogP contribution in [0.3, 0.4) is 0 Å². The van der Waals surface area contributed by atoms with E-state index in [4.69, 9.17) is 9.41 Å². The first-order chi connectivity index (χ1) is 14.0. The predicted molar refractivity (Wildman–Crippen MR) is 131 cm³/mol. The van der Waals surface area contributed by atoms with Gasteiger partial charge in [-0.1, -0.05) is 13.8 Å². The Balaban J connectivity index is 0.00000320. The van der Waals surface area contributed by atoms with Gasteiger partial charge in [0.15, 0.2) is 5.96 Å². The molecular formula is C22H38IN5O2. The summed E-state index contributed by atoms with van der Waals surface area (Å²) in [6.45, 7) is 13.5. The topological polar surface area (TPSA) is 64.3 Å². The molecule has 0 radical (unpaired) electrons. The molecule has 3 rings (SSSR count). The molecule has 2 aliphatic rings. The Morgan fingerprint density at radius 2 is 1.80 bits per heavy atom. The van der Waals surface area contributed by atoms with Crippen LogP contribution < -0.4 is 5.32 Å². The van der Waals surface area contributed by atoms with Crippen molar-refractivity contribution in [3.8, 4) is 0 Å². The summed E-state index contributed by atoms with van der Waals surface area (Å²) >= 11 is 0. The average Bonchev–Trinajstić information content (AvgIpc) is 3.43. The van der Waals surface area contributed by atoms with E-state index in [0.29, 0.717) is 11.8 Å². The number of carbonyl (C=O) groups is 1. The zero-order valence-corrected chi connectivity index (χ0v) is 21.0. The van der Waals surface area contributed by atoms with Crippen LogP contribution in [0.1, 0.15) is 39.4 Å². The van der Waals surface area contributed by atoms with Crippen molar-refractivity contribution in [3.63, 3.8) is 0 Å². The molecule has 1 aromatic heterocycles. The first-order valence-electron chi connectivity index (χ1n) is 11.1. The molecule has 0 bridgehead atoms. The Labute approximate surface area is 198 Å². The van der Waals surface area contributed by atoms with Crippen molar-refractivity contribution in [1.29, 1.82) is 0 Å². The lowest BCUT2D eigenvalue weighted by Crippen LogP contribution is -2.57. The lowest BCUT2D eigenvalue weighted by Gasteiger charge is -2.39. The van der Waals surface area contributed by atoms with E-state index in [-0.39, 0.29) is 30.0 Å². The largest absolute Gasteiger partial charge is 0.469 e. The van der Waals surface area contributed by atoms with Crippen molar-refractivity contribution < 1.29 is 9.21 Å². The number of halogens is 1. The SMILES string of the molecule is CC(C)CN=C(NCCc1ccco1)N1CCN(C(C)C(=O)N2CCCC2)CC1.I. The van der Waals surface area contributed by atoms with Crippen LogP contribution in [0, 0.1) is 5.92 Å². The molecular weight excluding hydrogens is 493 g/mol. The number of carbonyl (C=O) groups excluding carboxylic acids is 1. The molecule has 3 heterocycles. The maximum absolute atomic E-state index is 12.7. The maximum Gasteiger partial charge on any atom is 0.239 e. The van der Waals surface area contributed by atoms with Crippen molar-refractivity contribution in [2.75, 3.05) is 52.4 Å². The summed E-state index contributed by atoms with van der Waals surface area (Å²) < 4.78 is 5.43. The normalized spacial score (nSPS) is 19.1. The van der Waals surface area contributed by atoms with Gasteiger partial charge in [-0.05, 0) is 37.8 Å². The summed E-state index contributed by atoms with van der Waals surface area (Å²) in [5, 5.41) is 3.52. The van der Waals surface area contributed by atoms with Gasteiger partial charge in [0.1, 0.15) is 5.76 Å². The van der Waals surface area contributed by atoms with Crippen LogP contribution in [0.5, 0.6) is 0 Å². The van der Waals surface area contributed by atoms with Crippen LogP contribution in [0.15, 0.2) is 27.8 Å². The minimum Gasteiger partial charge on any atom is -0.469 e. The van der Waals surface area contributed by atoms with Gasteiger partial charge in [0.05, 0.1) is 12.3 Å². The van der Waals surface area contributed by atoms with E-state index >= 15 is 0 Å². The average molecular weight is 531 g/mol. The molecule has 0 aromatic carbocycles. The number of guanidine groups is 1. The van der Waals surface area contributed by atoms with Gasteiger partial charge in [-0.2, -0.15) is 0 Å². The Morgan fingerprint density at radius 1 is 1.10 bits per heavy atom. The molecule has 1 aromatic rings. The minimum atomic E-state index is -0.0294. The van der Waals surface area contributed by atoms with Crippen LogP contribution in [0.2, 0.25) is 0 Å². The van der Waals surface area contributed by atoms with Gasteiger partial charge in [-0.25, -0.2) is 0 Å². The summed E-state index contributed by atoms with van der Waals surface area (Å²) in [6, 6.07) is 3.90. The van der Waals surface area contributed by atoms with E-state index in [2.05, 4.69) is 35.9 Å². The molecule has 7 nitrogen and oxygen atoms in total. The second kappa shape index (κ2) is 12.5. The Kier molecular flexibility index (Phi) is 10.4. The van der Waals surface area contributed by atoms with E-state index in [1.165, 1.54) is 0 Å². The zero-order chi connectivity index (χ0) is 20.6. The molecule has 2 saturated heterocycles. The number of nitrogens with one attached hydrogen (secondary N) is 1. The fourth-order valence-electron chi connectivity index (χ4n) is 3.97. The second-order valence-corrected chi connectivity index (χ2v) is 8.55. The highest BCUT2D eigenvalue weighted by atomic mass is 127. The lowest BCUT2D eigenvalue weighted by molar-refractivity contribution is -0.135. The van der Waals surface area contributed by atoms with Crippen LogP contribution in [-0.4, -0.2) is 85.0 Å². The molecule has 30 heavy (non-hydrogen) atoms. The molecule has 0 spiro atoms. The molecule has 2 fully saturated rings. The fraction of sp³-hybridized carbons (Fsp3) is 0.727. The van der Waals surface area contributed by atoms with Gasteiger partial charge >= 0.3 is 0 Å². The molecule has 1 N–H and O–H groups in total. The summed E-state index contributed by atoms with van der Waals surface area (Å²) in [6.07, 6.45) is 4.85. The van der Waals surface area contributed by atoms with Crippen molar-refractivity contribution >= 4 is 35.8 Å². The number of amides is 1. The first-order valence-corrected chi connectivity index (χ1v) is 11.1. The van der Waals surface area contributed by atoms with Crippen LogP contribution >= 0.6 is 24.0 Å². The van der Waals surface area contributed by atoms with Gasteiger partial charge in [-0.15, -0.1) is 24.0 Å². The Morgan fingerprint density at radius 3 is 2.40 bits per heavy atom. The highest BCUT2D eigenvalue weighted by Crippen LogP contribution is 2.14. The molecule has 2 aliphatic heterocycles. The molecule has 1 unspecified atom stereocenters. The number of aliphatic imine (C=N–C) groups is 1. The van der Waals surface area contributed by atoms with Crippen LogP contribution in [0.4, 0.5) is 0 Å². The van der Waals surface area contributed by atoms with E-state index in [0.717, 1.165) is 83.3 Å². The molecule has 0 aliphatic carbocycles. The van der Waals surface area contributed by atoms with Gasteiger partial charge in [0, 0.05) is 58.8 Å². The Hall–Kier alpha value is -1.29. The third-order valence-electron chi connectivity index (χ3n) is 5.78. The molecule has 170 valence electrons. The van der Waals surface area contributed by atoms with Crippen LogP contribution in [-0.2, 0) is 11.2 Å². The third kappa shape index (κ3) is 7.14. The Bertz CT molecular complexity index is 650. The highest BCUT2D eigenvalue weighted by Gasteiger charge is 2.30. The molecule has 8 heteroatoms. The minimum absolute atomic E-state index is 0. The van der Waals surface area contributed by atoms with Crippen molar-refractivity contribution in [2.45, 2.75) is 46.1 Å². The van der Waals surface area contributed by atoms with Gasteiger partial charge in [0.25, 0.3) is 0 Å².